The van der Waals surface area contributed by atoms with E-state index in [2.05, 4.69) is 15.5 Å². The molecule has 0 radical (unpaired) electrons. The molecule has 1 fully saturated rings. The second-order valence-electron chi connectivity index (χ2n) is 9.36. The minimum absolute atomic E-state index is 0.0298. The fourth-order valence-corrected chi connectivity index (χ4v) is 4.99. The van der Waals surface area contributed by atoms with E-state index in [1.807, 2.05) is 13.0 Å². The Labute approximate surface area is 216 Å². The highest BCUT2D eigenvalue weighted by Gasteiger charge is 2.61. The molecule has 0 bridgehead atoms. The molecule has 9 nitrogen and oxygen atoms in total. The Morgan fingerprint density at radius 2 is 2.08 bits per heavy atom. The lowest BCUT2D eigenvalue weighted by molar-refractivity contribution is -0.137. The summed E-state index contributed by atoms with van der Waals surface area (Å²) in [6, 6.07) is 10.4. The van der Waals surface area contributed by atoms with Gasteiger partial charge in [0.1, 0.15) is 5.75 Å². The van der Waals surface area contributed by atoms with Crippen LogP contribution in [0.15, 0.2) is 36.4 Å². The molecule has 0 unspecified atom stereocenters. The van der Waals surface area contributed by atoms with Gasteiger partial charge in [0.15, 0.2) is 5.69 Å². The van der Waals surface area contributed by atoms with Gasteiger partial charge in [0.25, 0.3) is 5.91 Å². The van der Waals surface area contributed by atoms with Crippen LogP contribution in [-0.2, 0) is 26.2 Å². The molecule has 1 aliphatic heterocycles. The van der Waals surface area contributed by atoms with Gasteiger partial charge in [0.2, 0.25) is 5.91 Å². The Hall–Kier alpha value is -3.90. The zero-order chi connectivity index (χ0) is 26.4. The normalized spacial score (nSPS) is 19.3. The molecular weight excluding hydrogens is 474 g/mol. The highest BCUT2D eigenvalue weighted by atomic mass is 16.5. The predicted molar refractivity (Wildman–Crippen MR) is 137 cm³/mol. The van der Waals surface area contributed by atoms with Crippen LogP contribution in [-0.4, -0.2) is 49.3 Å². The summed E-state index contributed by atoms with van der Waals surface area (Å²) in [6.45, 7) is 11.1. The number of nitrogens with one attached hydrogen (secondary N) is 2. The summed E-state index contributed by atoms with van der Waals surface area (Å²) in [4.78, 5) is 40.4. The van der Waals surface area contributed by atoms with Gasteiger partial charge in [-0.25, -0.2) is 4.85 Å². The van der Waals surface area contributed by atoms with E-state index in [9.17, 15) is 14.4 Å². The summed E-state index contributed by atoms with van der Waals surface area (Å²) < 4.78 is 11.1. The largest absolute Gasteiger partial charge is 0.493 e. The van der Waals surface area contributed by atoms with Crippen LogP contribution < -0.4 is 15.4 Å². The van der Waals surface area contributed by atoms with Crippen molar-refractivity contribution < 1.29 is 29.0 Å². The zero-order valence-corrected chi connectivity index (χ0v) is 20.8. The van der Waals surface area contributed by atoms with Crippen LogP contribution in [0.5, 0.6) is 5.75 Å². The number of carboxylic acids is 1. The van der Waals surface area contributed by atoms with Crippen molar-refractivity contribution in [1.82, 2.24) is 5.32 Å². The van der Waals surface area contributed by atoms with E-state index in [-0.39, 0.29) is 24.2 Å². The first kappa shape index (κ1) is 26.2. The van der Waals surface area contributed by atoms with Crippen molar-refractivity contribution in [3.05, 3.63) is 64.5 Å². The maximum atomic E-state index is 13.4. The number of rotatable bonds is 11. The molecule has 3 N–H and O–H groups in total. The Morgan fingerprint density at radius 3 is 2.84 bits per heavy atom. The standard InChI is InChI=1S/C28H31N3O6/c1-3-36-14-12-30-26(34)19-8-10-24-21(15-19)28(11-13-37-24)17-22(28)27(35)31-23-16-20(29-2)9-7-18(23)5-4-6-25(32)33/h7-10,15-16,22H,3-6,11-14,17H2,1H3,(H,30,34)(H,31,35)(H,32,33)/t22-,28-/m0/s1. The van der Waals surface area contributed by atoms with Gasteiger partial charge in [-0.3, -0.25) is 14.4 Å². The van der Waals surface area contributed by atoms with Crippen molar-refractivity contribution in [2.75, 3.05) is 31.7 Å². The van der Waals surface area contributed by atoms with Crippen LogP contribution in [0.3, 0.4) is 0 Å². The number of ether oxygens (including phenoxy) is 2. The van der Waals surface area contributed by atoms with E-state index in [0.717, 1.165) is 11.1 Å². The van der Waals surface area contributed by atoms with E-state index in [4.69, 9.17) is 21.2 Å². The number of benzene rings is 2. The van der Waals surface area contributed by atoms with Gasteiger partial charge >= 0.3 is 5.97 Å². The van der Waals surface area contributed by atoms with E-state index in [1.165, 1.54) is 0 Å². The number of carboxylic acid groups (broad SMARTS) is 1. The fraction of sp³-hybridized carbons (Fsp3) is 0.429. The zero-order valence-electron chi connectivity index (χ0n) is 20.8. The highest BCUT2D eigenvalue weighted by molar-refractivity contribution is 5.98. The third-order valence-electron chi connectivity index (χ3n) is 7.03. The maximum Gasteiger partial charge on any atom is 0.303 e. The topological polar surface area (TPSA) is 118 Å². The maximum absolute atomic E-state index is 13.4. The van der Waals surface area contributed by atoms with Crippen LogP contribution >= 0.6 is 0 Å². The highest BCUT2D eigenvalue weighted by Crippen LogP contribution is 2.61. The van der Waals surface area contributed by atoms with Gasteiger partial charge in [0.05, 0.1) is 19.8 Å². The second-order valence-corrected chi connectivity index (χ2v) is 9.36. The molecule has 2 amide bonds. The van der Waals surface area contributed by atoms with Gasteiger partial charge in [-0.1, -0.05) is 12.1 Å². The number of hydrogen-bond acceptors (Lipinski definition) is 5. The lowest BCUT2D eigenvalue weighted by atomic mass is 9.86. The molecule has 2 atom stereocenters. The van der Waals surface area contributed by atoms with Gasteiger partial charge in [-0.05, 0) is 62.4 Å². The molecule has 2 aromatic carbocycles. The van der Waals surface area contributed by atoms with Crippen molar-refractivity contribution in [2.45, 2.75) is 44.4 Å². The molecule has 37 heavy (non-hydrogen) atoms. The summed E-state index contributed by atoms with van der Waals surface area (Å²) in [5.41, 5.74) is 2.72. The number of anilines is 1. The molecule has 1 spiro atoms. The van der Waals surface area contributed by atoms with Crippen molar-refractivity contribution in [3.63, 3.8) is 0 Å². The third-order valence-corrected chi connectivity index (χ3v) is 7.03. The fourth-order valence-electron chi connectivity index (χ4n) is 4.99. The number of nitrogens with zero attached hydrogens (tertiary/aromatic N) is 1. The van der Waals surface area contributed by atoms with E-state index in [1.54, 1.807) is 30.3 Å². The van der Waals surface area contributed by atoms with Crippen LogP contribution in [0.4, 0.5) is 11.4 Å². The monoisotopic (exact) mass is 505 g/mol. The molecule has 1 aliphatic carbocycles. The van der Waals surface area contributed by atoms with E-state index in [0.29, 0.717) is 74.7 Å². The first-order valence-corrected chi connectivity index (χ1v) is 12.5. The van der Waals surface area contributed by atoms with E-state index >= 15 is 0 Å². The molecule has 4 rings (SSSR count). The SMILES string of the molecule is [C-]#[N+]c1ccc(CCCC(=O)O)c(NC(=O)[C@@H]2C[C@]23CCOc2ccc(C(=O)NCCOCC)cc23)c1. The molecule has 1 saturated carbocycles. The first-order valence-electron chi connectivity index (χ1n) is 12.5. The van der Waals surface area contributed by atoms with Crippen molar-refractivity contribution in [2.24, 2.45) is 5.92 Å². The summed E-state index contributed by atoms with van der Waals surface area (Å²) in [7, 11) is 0. The summed E-state index contributed by atoms with van der Waals surface area (Å²) in [6.07, 6.45) is 2.25. The summed E-state index contributed by atoms with van der Waals surface area (Å²) in [5, 5.41) is 14.8. The van der Waals surface area contributed by atoms with Crippen LogP contribution in [0.1, 0.15) is 54.1 Å². The number of hydrogen-bond donors (Lipinski definition) is 3. The van der Waals surface area contributed by atoms with Crippen LogP contribution in [0, 0.1) is 12.5 Å². The van der Waals surface area contributed by atoms with Gasteiger partial charge < -0.3 is 25.2 Å². The van der Waals surface area contributed by atoms with Crippen molar-refractivity contribution in [1.29, 1.82) is 0 Å². The van der Waals surface area contributed by atoms with Crippen LogP contribution in [0.2, 0.25) is 0 Å². The number of fused-ring (bicyclic) bond motifs is 2. The Balaban J connectivity index is 1.50. The minimum Gasteiger partial charge on any atom is -0.493 e. The molecule has 194 valence electrons. The lowest BCUT2D eigenvalue weighted by Gasteiger charge is -2.27. The molecule has 0 saturated heterocycles. The van der Waals surface area contributed by atoms with Gasteiger partial charge in [-0.15, -0.1) is 0 Å². The third kappa shape index (κ3) is 5.92. The van der Waals surface area contributed by atoms with Crippen molar-refractivity contribution in [3.8, 4) is 5.75 Å². The molecule has 2 aliphatic rings. The smallest absolute Gasteiger partial charge is 0.303 e. The number of amides is 2. The number of carbonyl (C=O) groups excluding carboxylic acids is 2. The number of carbonyl (C=O) groups is 3. The average Bonchev–Trinajstić information content (AvgIpc) is 3.61. The molecule has 2 aromatic rings. The number of aryl methyl sites for hydroxylation is 1. The van der Waals surface area contributed by atoms with Gasteiger partial charge in [-0.2, -0.15) is 0 Å². The minimum atomic E-state index is -0.871. The molecular formula is C28H31N3O6. The summed E-state index contributed by atoms with van der Waals surface area (Å²) in [5.74, 6) is -0.830. The molecule has 1 heterocycles. The van der Waals surface area contributed by atoms with Crippen LogP contribution in [0.25, 0.3) is 4.85 Å². The Kier molecular flexibility index (Phi) is 8.09. The number of aliphatic carboxylic acids is 1. The second kappa shape index (κ2) is 11.4. The Bertz CT molecular complexity index is 1240. The molecule has 0 aromatic heterocycles. The quantitative estimate of drug-likeness (QED) is 0.313. The molecule has 9 heteroatoms. The van der Waals surface area contributed by atoms with E-state index < -0.39 is 11.4 Å². The lowest BCUT2D eigenvalue weighted by Crippen LogP contribution is -2.29. The first-order chi connectivity index (χ1) is 17.9. The average molecular weight is 506 g/mol. The summed E-state index contributed by atoms with van der Waals surface area (Å²) >= 11 is 0. The predicted octanol–water partition coefficient (Wildman–Crippen LogP) is 4.09. The van der Waals surface area contributed by atoms with Gasteiger partial charge in [0, 0.05) is 47.7 Å². The Morgan fingerprint density at radius 1 is 1.24 bits per heavy atom. The van der Waals surface area contributed by atoms with Crippen molar-refractivity contribution >= 4 is 29.2 Å².